The van der Waals surface area contributed by atoms with E-state index in [0.717, 1.165) is 24.0 Å². The van der Waals surface area contributed by atoms with Crippen LogP contribution in [0.5, 0.6) is 0 Å². The summed E-state index contributed by atoms with van der Waals surface area (Å²) >= 11 is 14.5. The Balaban J connectivity index is 1.83. The highest BCUT2D eigenvalue weighted by Crippen LogP contribution is 2.41. The van der Waals surface area contributed by atoms with Crippen LogP contribution in [0.1, 0.15) is 76.4 Å². The van der Waals surface area contributed by atoms with Crippen LogP contribution in [0.25, 0.3) is 0 Å². The first-order chi connectivity index (χ1) is 15.9. The summed E-state index contributed by atoms with van der Waals surface area (Å²) < 4.78 is 0. The highest BCUT2D eigenvalue weighted by molar-refractivity contribution is 7.10. The molecule has 2 aromatic rings. The quantitative estimate of drug-likeness (QED) is 0.384. The van der Waals surface area contributed by atoms with Gasteiger partial charge in [0, 0.05) is 33.9 Å². The summed E-state index contributed by atoms with van der Waals surface area (Å²) in [6, 6.07) is 7.18. The molecule has 0 spiro atoms. The zero-order chi connectivity index (χ0) is 25.2. The van der Waals surface area contributed by atoms with Gasteiger partial charge in [-0.05, 0) is 72.7 Å². The zero-order valence-electron chi connectivity index (χ0n) is 21.0. The van der Waals surface area contributed by atoms with Crippen molar-refractivity contribution >= 4 is 46.4 Å². The third-order valence-corrected chi connectivity index (χ3v) is 7.84. The lowest BCUT2D eigenvalue weighted by molar-refractivity contribution is -0.143. The van der Waals surface area contributed by atoms with Gasteiger partial charge in [-0.25, -0.2) is 0 Å². The van der Waals surface area contributed by atoms with Crippen molar-refractivity contribution in [3.05, 3.63) is 55.7 Å². The van der Waals surface area contributed by atoms with E-state index in [-0.39, 0.29) is 41.8 Å². The van der Waals surface area contributed by atoms with Crippen molar-refractivity contribution in [3.63, 3.8) is 0 Å². The molecular weight excluding hydrogens is 487 g/mol. The predicted molar refractivity (Wildman–Crippen MR) is 143 cm³/mol. The standard InChI is InChI=1S/C27H36Cl2N2O2S/c1-17(2)31(24(32)13-18(3)15-27(4,5)6)16-25(33)30-11-9-23-21(10-12-34-23)26(30)20-8-7-19(28)14-22(20)29/h7-8,10,12,14,17-18,26H,9,11,13,15-16H2,1-6H3/t18-,26-/m0/s1. The molecule has 1 aromatic heterocycles. The van der Waals surface area contributed by atoms with Gasteiger partial charge < -0.3 is 9.80 Å². The Morgan fingerprint density at radius 2 is 1.85 bits per heavy atom. The van der Waals surface area contributed by atoms with Crippen LogP contribution in [-0.2, 0) is 16.0 Å². The third-order valence-electron chi connectivity index (χ3n) is 6.28. The number of rotatable bonds is 7. The number of carbonyl (C=O) groups is 2. The Kier molecular flexibility index (Phi) is 8.75. The number of thiophene rings is 1. The minimum atomic E-state index is -0.281. The lowest BCUT2D eigenvalue weighted by atomic mass is 9.84. The van der Waals surface area contributed by atoms with Crippen molar-refractivity contribution in [2.75, 3.05) is 13.1 Å². The number of benzene rings is 1. The van der Waals surface area contributed by atoms with Gasteiger partial charge in [0.1, 0.15) is 6.54 Å². The molecule has 0 unspecified atom stereocenters. The Morgan fingerprint density at radius 3 is 2.47 bits per heavy atom. The fourth-order valence-electron chi connectivity index (χ4n) is 4.97. The fourth-order valence-corrected chi connectivity index (χ4v) is 6.39. The molecule has 34 heavy (non-hydrogen) atoms. The van der Waals surface area contributed by atoms with E-state index >= 15 is 0 Å². The van der Waals surface area contributed by atoms with Crippen LogP contribution in [0.3, 0.4) is 0 Å². The predicted octanol–water partition coefficient (Wildman–Crippen LogP) is 7.23. The minimum absolute atomic E-state index is 0.0365. The summed E-state index contributed by atoms with van der Waals surface area (Å²) in [4.78, 5) is 31.8. The molecule has 0 saturated carbocycles. The van der Waals surface area contributed by atoms with Gasteiger partial charge in [0.2, 0.25) is 11.8 Å². The minimum Gasteiger partial charge on any atom is -0.331 e. The summed E-state index contributed by atoms with van der Waals surface area (Å²) in [5.41, 5.74) is 2.13. The summed E-state index contributed by atoms with van der Waals surface area (Å²) in [6.45, 7) is 13.3. The maximum absolute atomic E-state index is 13.7. The molecule has 186 valence electrons. The van der Waals surface area contributed by atoms with Crippen molar-refractivity contribution in [1.82, 2.24) is 9.80 Å². The molecule has 0 aliphatic carbocycles. The van der Waals surface area contributed by atoms with Crippen molar-refractivity contribution in [2.45, 2.75) is 72.9 Å². The normalized spacial score (nSPS) is 17.0. The SMILES string of the molecule is CC(C)N(CC(=O)N1CCc2sccc2[C@@H]1c1ccc(Cl)cc1Cl)C(=O)C[C@H](C)CC(C)(C)C. The number of hydrogen-bond acceptors (Lipinski definition) is 3. The van der Waals surface area contributed by atoms with Crippen LogP contribution in [0.2, 0.25) is 10.0 Å². The van der Waals surface area contributed by atoms with Gasteiger partial charge in [0.25, 0.3) is 0 Å². The molecule has 0 bridgehead atoms. The van der Waals surface area contributed by atoms with E-state index < -0.39 is 0 Å². The molecule has 0 N–H and O–H groups in total. The molecule has 7 heteroatoms. The molecule has 3 rings (SSSR count). The fraction of sp³-hybridized carbons (Fsp3) is 0.556. The van der Waals surface area contributed by atoms with E-state index in [1.165, 1.54) is 4.88 Å². The highest BCUT2D eigenvalue weighted by Gasteiger charge is 2.35. The second-order valence-corrected chi connectivity index (χ2v) is 12.7. The van der Waals surface area contributed by atoms with Crippen LogP contribution in [0, 0.1) is 11.3 Å². The largest absolute Gasteiger partial charge is 0.331 e. The van der Waals surface area contributed by atoms with E-state index in [1.807, 2.05) is 30.9 Å². The molecule has 4 nitrogen and oxygen atoms in total. The summed E-state index contributed by atoms with van der Waals surface area (Å²) in [6.07, 6.45) is 2.21. The van der Waals surface area contributed by atoms with Gasteiger partial charge in [-0.3, -0.25) is 9.59 Å². The molecule has 2 amide bonds. The highest BCUT2D eigenvalue weighted by atomic mass is 35.5. The number of nitrogens with zero attached hydrogens (tertiary/aromatic N) is 2. The second kappa shape index (κ2) is 11.0. The van der Waals surface area contributed by atoms with E-state index in [9.17, 15) is 9.59 Å². The van der Waals surface area contributed by atoms with Crippen LogP contribution in [-0.4, -0.2) is 40.7 Å². The van der Waals surface area contributed by atoms with Crippen LogP contribution >= 0.6 is 34.5 Å². The smallest absolute Gasteiger partial charge is 0.243 e. The Hall–Kier alpha value is -1.56. The molecule has 0 saturated heterocycles. The van der Waals surface area contributed by atoms with Gasteiger partial charge in [0.05, 0.1) is 6.04 Å². The van der Waals surface area contributed by atoms with E-state index in [4.69, 9.17) is 23.2 Å². The zero-order valence-corrected chi connectivity index (χ0v) is 23.4. The molecule has 1 aliphatic heterocycles. The number of carbonyl (C=O) groups excluding carboxylic acids is 2. The summed E-state index contributed by atoms with van der Waals surface area (Å²) in [7, 11) is 0. The molecular formula is C27H36Cl2N2O2S. The average molecular weight is 524 g/mol. The maximum Gasteiger partial charge on any atom is 0.243 e. The molecule has 0 fully saturated rings. The number of hydrogen-bond donors (Lipinski definition) is 0. The average Bonchev–Trinajstić information content (AvgIpc) is 3.18. The number of amides is 2. The van der Waals surface area contributed by atoms with E-state index in [1.54, 1.807) is 22.3 Å². The van der Waals surface area contributed by atoms with Crippen LogP contribution in [0.4, 0.5) is 0 Å². The molecule has 2 heterocycles. The first-order valence-electron chi connectivity index (χ1n) is 12.0. The van der Waals surface area contributed by atoms with Gasteiger partial charge in [0.15, 0.2) is 0 Å². The molecule has 2 atom stereocenters. The Morgan fingerprint density at radius 1 is 1.15 bits per heavy atom. The van der Waals surface area contributed by atoms with Crippen molar-refractivity contribution < 1.29 is 9.59 Å². The van der Waals surface area contributed by atoms with Crippen LogP contribution in [0.15, 0.2) is 29.6 Å². The summed E-state index contributed by atoms with van der Waals surface area (Å²) in [5, 5.41) is 3.17. The van der Waals surface area contributed by atoms with Crippen LogP contribution < -0.4 is 0 Å². The van der Waals surface area contributed by atoms with Gasteiger partial charge in [-0.2, -0.15) is 0 Å². The summed E-state index contributed by atoms with van der Waals surface area (Å²) in [5.74, 6) is 0.237. The number of halogens is 2. The van der Waals surface area contributed by atoms with Crippen molar-refractivity contribution in [3.8, 4) is 0 Å². The third kappa shape index (κ3) is 6.56. The number of fused-ring (bicyclic) bond motifs is 1. The van der Waals surface area contributed by atoms with E-state index in [2.05, 4.69) is 39.1 Å². The van der Waals surface area contributed by atoms with E-state index in [0.29, 0.717) is 23.0 Å². The molecule has 1 aromatic carbocycles. The monoisotopic (exact) mass is 522 g/mol. The molecule has 1 aliphatic rings. The van der Waals surface area contributed by atoms with Crippen molar-refractivity contribution in [1.29, 1.82) is 0 Å². The lowest BCUT2D eigenvalue weighted by Gasteiger charge is -2.38. The first kappa shape index (κ1) is 27.0. The van der Waals surface area contributed by atoms with Gasteiger partial charge in [-0.1, -0.05) is 57.0 Å². The van der Waals surface area contributed by atoms with Crippen molar-refractivity contribution in [2.24, 2.45) is 11.3 Å². The van der Waals surface area contributed by atoms with Gasteiger partial charge >= 0.3 is 0 Å². The molecule has 0 radical (unpaired) electrons. The second-order valence-electron chi connectivity index (χ2n) is 10.9. The maximum atomic E-state index is 13.7. The van der Waals surface area contributed by atoms with Gasteiger partial charge in [-0.15, -0.1) is 11.3 Å². The lowest BCUT2D eigenvalue weighted by Crippen LogP contribution is -2.49. The Bertz CT molecular complexity index is 1030. The Labute approximate surface area is 218 Å². The topological polar surface area (TPSA) is 40.6 Å². The first-order valence-corrected chi connectivity index (χ1v) is 13.6.